The van der Waals surface area contributed by atoms with Crippen LogP contribution in [-0.2, 0) is 4.79 Å². The second-order valence-corrected chi connectivity index (χ2v) is 12.3. The van der Waals surface area contributed by atoms with E-state index < -0.39 is 5.97 Å². The van der Waals surface area contributed by atoms with E-state index >= 15 is 0 Å². The Labute approximate surface area is 231 Å². The van der Waals surface area contributed by atoms with Gasteiger partial charge in [0.25, 0.3) is 5.56 Å². The van der Waals surface area contributed by atoms with E-state index in [2.05, 4.69) is 22.0 Å². The monoisotopic (exact) mass is 536 g/mol. The minimum Gasteiger partial charge on any atom is -0.481 e. The highest BCUT2D eigenvalue weighted by Crippen LogP contribution is 2.48. The molecule has 39 heavy (non-hydrogen) atoms. The number of oxime groups is 1. The predicted octanol–water partition coefficient (Wildman–Crippen LogP) is 6.28. The van der Waals surface area contributed by atoms with Crippen LogP contribution in [0.4, 0.5) is 0 Å². The van der Waals surface area contributed by atoms with Gasteiger partial charge in [-0.2, -0.15) is 0 Å². The lowest BCUT2D eigenvalue weighted by Gasteiger charge is -2.59. The molecule has 0 spiro atoms. The summed E-state index contributed by atoms with van der Waals surface area (Å²) in [6, 6.07) is 8.71. The van der Waals surface area contributed by atoms with Crippen molar-refractivity contribution in [2.24, 2.45) is 5.16 Å². The van der Waals surface area contributed by atoms with Crippen molar-refractivity contribution in [1.82, 2.24) is 14.5 Å². The topological polar surface area (TPSA) is 108 Å². The van der Waals surface area contributed by atoms with Gasteiger partial charge in [0.1, 0.15) is 5.71 Å². The standard InChI is InChI=1S/C31H44N4O4/c1-31-19-11-14-23(35(31)22-12-7-5-3-2-4-6-8-13-22)20-24(21-31)34-27-16-10-9-15-25(27)32-29(30(34)38)26(33-39)17-18-28(36)37/h9-10,15-16,22-24,39H,2-8,11-14,17-21H2,1H3,(H,36,37)/b33-26+/t23-,24?,31?/m0/s1. The first-order chi connectivity index (χ1) is 18.9. The highest BCUT2D eigenvalue weighted by molar-refractivity contribution is 6.00. The van der Waals surface area contributed by atoms with E-state index in [1.807, 2.05) is 28.8 Å². The molecule has 2 unspecified atom stereocenters. The van der Waals surface area contributed by atoms with Crippen molar-refractivity contribution in [3.05, 3.63) is 40.3 Å². The van der Waals surface area contributed by atoms with Crippen molar-refractivity contribution in [3.63, 3.8) is 0 Å². The summed E-state index contributed by atoms with van der Waals surface area (Å²) >= 11 is 0. The molecule has 0 amide bonds. The molecular weight excluding hydrogens is 492 g/mol. The first-order valence-corrected chi connectivity index (χ1v) is 15.1. The zero-order chi connectivity index (χ0) is 27.4. The maximum Gasteiger partial charge on any atom is 0.303 e. The van der Waals surface area contributed by atoms with Crippen LogP contribution in [0, 0.1) is 0 Å². The molecule has 3 fully saturated rings. The third-order valence-electron chi connectivity index (χ3n) is 9.59. The molecule has 1 saturated carbocycles. The van der Waals surface area contributed by atoms with Gasteiger partial charge in [-0.3, -0.25) is 14.5 Å². The first kappa shape index (κ1) is 27.8. The minimum atomic E-state index is -1.01. The zero-order valence-electron chi connectivity index (χ0n) is 23.4. The molecule has 3 aliphatic rings. The summed E-state index contributed by atoms with van der Waals surface area (Å²) in [7, 11) is 0. The molecule has 2 bridgehead atoms. The SMILES string of the molecule is CC12CCC[C@@H](CC(n3c(=O)c(/C(CCC(=O)O)=N/O)nc4ccccc43)C1)N2C1CCCCCCCCC1. The molecular formula is C31H44N4O4. The number of fused-ring (bicyclic) bond motifs is 3. The highest BCUT2D eigenvalue weighted by Gasteiger charge is 2.49. The number of aliphatic carboxylic acids is 1. The lowest BCUT2D eigenvalue weighted by molar-refractivity contribution is -0.136. The number of carboxylic acid groups (broad SMARTS) is 1. The molecule has 3 atom stereocenters. The Morgan fingerprint density at radius 3 is 2.31 bits per heavy atom. The lowest BCUT2D eigenvalue weighted by Crippen LogP contribution is -2.63. The number of rotatable bonds is 6. The molecule has 212 valence electrons. The smallest absolute Gasteiger partial charge is 0.303 e. The average Bonchev–Trinajstić information content (AvgIpc) is 2.91. The van der Waals surface area contributed by atoms with E-state index in [0.29, 0.717) is 17.6 Å². The number of benzene rings is 1. The summed E-state index contributed by atoms with van der Waals surface area (Å²) in [6.45, 7) is 2.42. The number of carbonyl (C=O) groups is 1. The molecule has 2 saturated heterocycles. The number of hydrogen-bond acceptors (Lipinski definition) is 6. The van der Waals surface area contributed by atoms with Crippen LogP contribution in [0.25, 0.3) is 11.0 Å². The van der Waals surface area contributed by atoms with E-state index in [1.54, 1.807) is 0 Å². The second kappa shape index (κ2) is 12.2. The fraction of sp³-hybridized carbons (Fsp3) is 0.677. The summed E-state index contributed by atoms with van der Waals surface area (Å²) < 4.78 is 1.89. The summed E-state index contributed by atoms with van der Waals surface area (Å²) in [4.78, 5) is 32.7. The van der Waals surface area contributed by atoms with Crippen LogP contribution in [-0.4, -0.2) is 54.1 Å². The van der Waals surface area contributed by atoms with Crippen LogP contribution in [0.1, 0.15) is 121 Å². The first-order valence-electron chi connectivity index (χ1n) is 15.1. The molecule has 0 radical (unpaired) electrons. The molecule has 5 rings (SSSR count). The van der Waals surface area contributed by atoms with Crippen LogP contribution < -0.4 is 5.56 Å². The van der Waals surface area contributed by atoms with Crippen LogP contribution >= 0.6 is 0 Å². The van der Waals surface area contributed by atoms with Gasteiger partial charge in [0.05, 0.1) is 17.5 Å². The molecule has 1 aliphatic carbocycles. The number of aromatic nitrogens is 2. The molecule has 2 aromatic rings. The average molecular weight is 537 g/mol. The van der Waals surface area contributed by atoms with Crippen molar-refractivity contribution in [2.45, 2.75) is 133 Å². The second-order valence-electron chi connectivity index (χ2n) is 12.3. The van der Waals surface area contributed by atoms with Gasteiger partial charge in [-0.25, -0.2) is 4.98 Å². The van der Waals surface area contributed by atoms with E-state index in [0.717, 1.165) is 31.2 Å². The fourth-order valence-corrected chi connectivity index (χ4v) is 7.92. The van der Waals surface area contributed by atoms with E-state index in [9.17, 15) is 19.9 Å². The Bertz CT molecular complexity index is 1250. The maximum atomic E-state index is 14.0. The van der Waals surface area contributed by atoms with Crippen LogP contribution in [0.5, 0.6) is 0 Å². The normalized spacial score (nSPS) is 27.9. The summed E-state index contributed by atoms with van der Waals surface area (Å²) in [5.74, 6) is -1.01. The van der Waals surface area contributed by atoms with Gasteiger partial charge in [0, 0.05) is 30.1 Å². The molecule has 1 aromatic carbocycles. The van der Waals surface area contributed by atoms with Crippen LogP contribution in [0.15, 0.2) is 34.2 Å². The molecule has 2 aliphatic heterocycles. The van der Waals surface area contributed by atoms with Gasteiger partial charge < -0.3 is 14.9 Å². The van der Waals surface area contributed by atoms with E-state index in [4.69, 9.17) is 0 Å². The maximum absolute atomic E-state index is 14.0. The third kappa shape index (κ3) is 5.91. The molecule has 3 heterocycles. The third-order valence-corrected chi connectivity index (χ3v) is 9.59. The molecule has 1 aromatic heterocycles. The lowest BCUT2D eigenvalue weighted by atomic mass is 9.71. The van der Waals surface area contributed by atoms with Gasteiger partial charge in [-0.15, -0.1) is 0 Å². The predicted molar refractivity (Wildman–Crippen MR) is 153 cm³/mol. The van der Waals surface area contributed by atoms with Crippen LogP contribution in [0.3, 0.4) is 0 Å². The van der Waals surface area contributed by atoms with Gasteiger partial charge in [-0.05, 0) is 57.6 Å². The molecule has 8 heteroatoms. The number of nitrogens with zero attached hydrogens (tertiary/aromatic N) is 4. The fourth-order valence-electron chi connectivity index (χ4n) is 7.92. The number of para-hydroxylation sites is 2. The minimum absolute atomic E-state index is 0.00894. The summed E-state index contributed by atoms with van der Waals surface area (Å²) in [6.07, 6.45) is 17.0. The zero-order valence-corrected chi connectivity index (χ0v) is 23.4. The number of piperidine rings is 2. The Balaban J connectivity index is 1.51. The Morgan fingerprint density at radius 1 is 0.974 bits per heavy atom. The highest BCUT2D eigenvalue weighted by atomic mass is 16.4. The molecule has 8 nitrogen and oxygen atoms in total. The van der Waals surface area contributed by atoms with Gasteiger partial charge in [0.15, 0.2) is 5.69 Å². The summed E-state index contributed by atoms with van der Waals surface area (Å²) in [5, 5.41) is 22.2. The number of carboxylic acids is 1. The van der Waals surface area contributed by atoms with Crippen LogP contribution in [0.2, 0.25) is 0 Å². The van der Waals surface area contributed by atoms with Crippen molar-refractivity contribution in [1.29, 1.82) is 0 Å². The van der Waals surface area contributed by atoms with Crippen molar-refractivity contribution in [3.8, 4) is 0 Å². The summed E-state index contributed by atoms with van der Waals surface area (Å²) in [5.41, 5.74) is 1.29. The van der Waals surface area contributed by atoms with Crippen molar-refractivity contribution >= 4 is 22.7 Å². The van der Waals surface area contributed by atoms with Crippen molar-refractivity contribution < 1.29 is 15.1 Å². The van der Waals surface area contributed by atoms with Crippen molar-refractivity contribution in [2.75, 3.05) is 0 Å². The number of hydrogen-bond donors (Lipinski definition) is 2. The quantitative estimate of drug-likeness (QED) is 0.256. The van der Waals surface area contributed by atoms with E-state index in [-0.39, 0.29) is 41.4 Å². The Kier molecular flexibility index (Phi) is 8.70. The van der Waals surface area contributed by atoms with Gasteiger partial charge in [-0.1, -0.05) is 68.7 Å². The van der Waals surface area contributed by atoms with Gasteiger partial charge >= 0.3 is 5.97 Å². The van der Waals surface area contributed by atoms with Gasteiger partial charge in [0.2, 0.25) is 0 Å². The Morgan fingerprint density at radius 2 is 1.64 bits per heavy atom. The van der Waals surface area contributed by atoms with E-state index in [1.165, 1.54) is 64.2 Å². The molecule has 2 N–H and O–H groups in total. The Hall–Kier alpha value is -2.74. The largest absolute Gasteiger partial charge is 0.481 e.